The van der Waals surface area contributed by atoms with E-state index in [0.29, 0.717) is 6.42 Å². The van der Waals surface area contributed by atoms with Crippen molar-refractivity contribution in [1.82, 2.24) is 0 Å². The third kappa shape index (κ3) is 2.04. The van der Waals surface area contributed by atoms with Crippen molar-refractivity contribution in [2.45, 2.75) is 19.4 Å². The van der Waals surface area contributed by atoms with Gasteiger partial charge in [-0.25, -0.2) is 0 Å². The van der Waals surface area contributed by atoms with E-state index in [-0.39, 0.29) is 6.04 Å². The van der Waals surface area contributed by atoms with E-state index in [4.69, 9.17) is 15.7 Å². The minimum Gasteiger partial charge on any atom is -0.496 e. The lowest BCUT2D eigenvalue weighted by Crippen LogP contribution is -2.11. The topological polar surface area (TPSA) is 59.0 Å². The average Bonchev–Trinajstić information content (AvgIpc) is 2.18. The van der Waals surface area contributed by atoms with Gasteiger partial charge in [-0.05, 0) is 24.1 Å². The SMILES string of the molecule is COc1cccc([C@H](N)CC#N)c1C. The molecule has 0 saturated heterocycles. The molecule has 1 rings (SSSR count). The molecule has 0 radical (unpaired) electrons. The van der Waals surface area contributed by atoms with Crippen LogP contribution in [0.15, 0.2) is 18.2 Å². The van der Waals surface area contributed by atoms with Crippen LogP contribution in [0.5, 0.6) is 5.75 Å². The van der Waals surface area contributed by atoms with Crippen molar-refractivity contribution in [3.8, 4) is 11.8 Å². The molecule has 0 aliphatic carbocycles. The monoisotopic (exact) mass is 190 g/mol. The Labute approximate surface area is 84.1 Å². The molecule has 0 aromatic heterocycles. The van der Waals surface area contributed by atoms with Crippen LogP contribution >= 0.6 is 0 Å². The highest BCUT2D eigenvalue weighted by Gasteiger charge is 2.10. The fraction of sp³-hybridized carbons (Fsp3) is 0.364. The molecule has 1 aromatic carbocycles. The quantitative estimate of drug-likeness (QED) is 0.792. The fourth-order valence-corrected chi connectivity index (χ4v) is 1.46. The molecule has 0 heterocycles. The van der Waals surface area contributed by atoms with Gasteiger partial charge in [-0.3, -0.25) is 0 Å². The molecular weight excluding hydrogens is 176 g/mol. The maximum Gasteiger partial charge on any atom is 0.122 e. The molecule has 0 spiro atoms. The van der Waals surface area contributed by atoms with E-state index < -0.39 is 0 Å². The van der Waals surface area contributed by atoms with E-state index in [0.717, 1.165) is 16.9 Å². The molecule has 1 atom stereocenters. The van der Waals surface area contributed by atoms with Crippen molar-refractivity contribution in [2.24, 2.45) is 5.73 Å². The van der Waals surface area contributed by atoms with E-state index in [9.17, 15) is 0 Å². The third-order valence-corrected chi connectivity index (χ3v) is 2.26. The Morgan fingerprint density at radius 1 is 1.57 bits per heavy atom. The molecule has 0 saturated carbocycles. The van der Waals surface area contributed by atoms with Crippen LogP contribution in [-0.2, 0) is 0 Å². The summed E-state index contributed by atoms with van der Waals surface area (Å²) >= 11 is 0. The van der Waals surface area contributed by atoms with Crippen molar-refractivity contribution in [3.63, 3.8) is 0 Å². The zero-order valence-corrected chi connectivity index (χ0v) is 8.45. The highest BCUT2D eigenvalue weighted by Crippen LogP contribution is 2.25. The zero-order valence-electron chi connectivity index (χ0n) is 8.45. The van der Waals surface area contributed by atoms with Gasteiger partial charge < -0.3 is 10.5 Å². The summed E-state index contributed by atoms with van der Waals surface area (Å²) in [5.41, 5.74) is 7.84. The smallest absolute Gasteiger partial charge is 0.122 e. The third-order valence-electron chi connectivity index (χ3n) is 2.26. The maximum absolute atomic E-state index is 8.55. The first-order valence-corrected chi connectivity index (χ1v) is 4.46. The van der Waals surface area contributed by atoms with Crippen LogP contribution in [0, 0.1) is 18.3 Å². The summed E-state index contributed by atoms with van der Waals surface area (Å²) in [4.78, 5) is 0. The summed E-state index contributed by atoms with van der Waals surface area (Å²) in [6.45, 7) is 1.95. The molecule has 0 fully saturated rings. The number of benzene rings is 1. The van der Waals surface area contributed by atoms with Crippen LogP contribution in [0.3, 0.4) is 0 Å². The number of rotatable bonds is 3. The van der Waals surface area contributed by atoms with E-state index in [2.05, 4.69) is 6.07 Å². The highest BCUT2D eigenvalue weighted by molar-refractivity contribution is 5.40. The number of hydrogen-bond acceptors (Lipinski definition) is 3. The molecule has 1 aromatic rings. The number of methoxy groups -OCH3 is 1. The molecule has 0 aliphatic rings. The van der Waals surface area contributed by atoms with Gasteiger partial charge in [0.2, 0.25) is 0 Å². The van der Waals surface area contributed by atoms with Crippen molar-refractivity contribution in [1.29, 1.82) is 5.26 Å². The Kier molecular flexibility index (Phi) is 3.49. The lowest BCUT2D eigenvalue weighted by Gasteiger charge is -2.13. The summed E-state index contributed by atoms with van der Waals surface area (Å²) < 4.78 is 5.18. The molecule has 2 N–H and O–H groups in total. The predicted octanol–water partition coefficient (Wildman–Crippen LogP) is 1.92. The Bertz CT molecular complexity index is 355. The summed E-state index contributed by atoms with van der Waals surface area (Å²) in [5, 5.41) is 8.55. The number of ether oxygens (including phenoxy) is 1. The molecule has 74 valence electrons. The summed E-state index contributed by atoms with van der Waals surface area (Å²) in [5.74, 6) is 0.816. The summed E-state index contributed by atoms with van der Waals surface area (Å²) in [6, 6.07) is 7.54. The average molecular weight is 190 g/mol. The van der Waals surface area contributed by atoms with Gasteiger partial charge in [0, 0.05) is 6.04 Å². The first-order chi connectivity index (χ1) is 6.70. The molecule has 14 heavy (non-hydrogen) atoms. The van der Waals surface area contributed by atoms with Crippen LogP contribution in [0.25, 0.3) is 0 Å². The summed E-state index contributed by atoms with van der Waals surface area (Å²) in [6.07, 6.45) is 0.327. The molecular formula is C11H14N2O. The molecule has 3 heteroatoms. The number of nitrogens with zero attached hydrogens (tertiary/aromatic N) is 1. The Hall–Kier alpha value is -1.53. The second-order valence-corrected chi connectivity index (χ2v) is 3.14. The van der Waals surface area contributed by atoms with E-state index >= 15 is 0 Å². The Balaban J connectivity index is 3.04. The van der Waals surface area contributed by atoms with Crippen molar-refractivity contribution >= 4 is 0 Å². The first-order valence-electron chi connectivity index (χ1n) is 4.46. The number of nitrogens with two attached hydrogens (primary N) is 1. The standard InChI is InChI=1S/C11H14N2O/c1-8-9(10(13)6-7-12)4-3-5-11(8)14-2/h3-5,10H,6,13H2,1-2H3/t10-/m1/s1. The van der Waals surface area contributed by atoms with Crippen molar-refractivity contribution < 1.29 is 4.74 Å². The highest BCUT2D eigenvalue weighted by atomic mass is 16.5. The lowest BCUT2D eigenvalue weighted by atomic mass is 9.99. The van der Waals surface area contributed by atoms with Crippen molar-refractivity contribution in [2.75, 3.05) is 7.11 Å². The largest absolute Gasteiger partial charge is 0.496 e. The van der Waals surface area contributed by atoms with E-state index in [1.54, 1.807) is 7.11 Å². The van der Waals surface area contributed by atoms with E-state index in [1.807, 2.05) is 25.1 Å². The predicted molar refractivity (Wildman–Crippen MR) is 54.9 cm³/mol. The van der Waals surface area contributed by atoms with Gasteiger partial charge in [0.25, 0.3) is 0 Å². The Morgan fingerprint density at radius 3 is 2.86 bits per heavy atom. The molecule has 3 nitrogen and oxygen atoms in total. The molecule has 0 unspecified atom stereocenters. The van der Waals surface area contributed by atoms with Gasteiger partial charge in [-0.2, -0.15) is 5.26 Å². The van der Waals surface area contributed by atoms with Gasteiger partial charge in [0.15, 0.2) is 0 Å². The van der Waals surface area contributed by atoms with Gasteiger partial charge >= 0.3 is 0 Å². The van der Waals surface area contributed by atoms with Crippen LogP contribution in [-0.4, -0.2) is 7.11 Å². The van der Waals surface area contributed by atoms with Crippen LogP contribution < -0.4 is 10.5 Å². The first kappa shape index (κ1) is 10.6. The summed E-state index contributed by atoms with van der Waals surface area (Å²) in [7, 11) is 1.63. The molecule has 0 aliphatic heterocycles. The minimum atomic E-state index is -0.227. The zero-order chi connectivity index (χ0) is 10.6. The normalized spacial score (nSPS) is 11.9. The number of hydrogen-bond donors (Lipinski definition) is 1. The molecule has 0 amide bonds. The Morgan fingerprint density at radius 2 is 2.29 bits per heavy atom. The van der Waals surface area contributed by atoms with Gasteiger partial charge in [0.05, 0.1) is 19.6 Å². The second-order valence-electron chi connectivity index (χ2n) is 3.14. The van der Waals surface area contributed by atoms with Crippen molar-refractivity contribution in [3.05, 3.63) is 29.3 Å². The molecule has 0 bridgehead atoms. The van der Waals surface area contributed by atoms with E-state index in [1.165, 1.54) is 0 Å². The number of nitriles is 1. The van der Waals surface area contributed by atoms with Gasteiger partial charge in [-0.15, -0.1) is 0 Å². The van der Waals surface area contributed by atoms with Gasteiger partial charge in [-0.1, -0.05) is 12.1 Å². The van der Waals surface area contributed by atoms with Crippen LogP contribution in [0.4, 0.5) is 0 Å². The maximum atomic E-state index is 8.55. The lowest BCUT2D eigenvalue weighted by molar-refractivity contribution is 0.410. The fourth-order valence-electron chi connectivity index (χ4n) is 1.46. The minimum absolute atomic E-state index is 0.227. The van der Waals surface area contributed by atoms with Crippen LogP contribution in [0.1, 0.15) is 23.6 Å². The van der Waals surface area contributed by atoms with Gasteiger partial charge in [0.1, 0.15) is 5.75 Å². The second kappa shape index (κ2) is 4.64. The van der Waals surface area contributed by atoms with Crippen LogP contribution in [0.2, 0.25) is 0 Å².